The van der Waals surface area contributed by atoms with E-state index in [1.807, 2.05) is 0 Å². The summed E-state index contributed by atoms with van der Waals surface area (Å²) in [5, 5.41) is 17.7. The van der Waals surface area contributed by atoms with Crippen LogP contribution in [0.3, 0.4) is 0 Å². The Morgan fingerprint density at radius 1 is 1.68 bits per heavy atom. The standard InChI is InChI=1S/C10H12N4O3S2/c1-3-5-13-6-4-7(15)14(10(13)16)8-11-12-9(18-8)19(2)17/h1,7,15H,4-6H2,2H3. The molecule has 0 aromatic carbocycles. The van der Waals surface area contributed by atoms with Crippen LogP contribution in [0.15, 0.2) is 4.34 Å². The minimum atomic E-state index is -1.27. The van der Waals surface area contributed by atoms with Crippen molar-refractivity contribution in [3.63, 3.8) is 0 Å². The van der Waals surface area contributed by atoms with Crippen LogP contribution in [0.1, 0.15) is 6.42 Å². The minimum absolute atomic E-state index is 0.174. The van der Waals surface area contributed by atoms with Crippen molar-refractivity contribution in [1.82, 2.24) is 15.1 Å². The number of aromatic nitrogens is 2. The molecule has 102 valence electrons. The fourth-order valence-corrected chi connectivity index (χ4v) is 3.12. The quantitative estimate of drug-likeness (QED) is 0.476. The zero-order valence-corrected chi connectivity index (χ0v) is 11.8. The second-order valence-corrected chi connectivity index (χ2v) is 6.36. The minimum Gasteiger partial charge on any atom is -0.610 e. The van der Waals surface area contributed by atoms with Crippen molar-refractivity contribution in [2.45, 2.75) is 17.0 Å². The predicted octanol–water partition coefficient (Wildman–Crippen LogP) is -0.141. The first-order valence-electron chi connectivity index (χ1n) is 5.41. The van der Waals surface area contributed by atoms with E-state index < -0.39 is 23.4 Å². The lowest BCUT2D eigenvalue weighted by Gasteiger charge is -2.36. The van der Waals surface area contributed by atoms with Crippen molar-refractivity contribution in [2.24, 2.45) is 0 Å². The highest BCUT2D eigenvalue weighted by atomic mass is 32.2. The van der Waals surface area contributed by atoms with Crippen LogP contribution in [0.4, 0.5) is 9.93 Å². The van der Waals surface area contributed by atoms with Gasteiger partial charge < -0.3 is 14.6 Å². The molecule has 0 saturated carbocycles. The fraction of sp³-hybridized carbons (Fsp3) is 0.500. The van der Waals surface area contributed by atoms with Crippen LogP contribution in [-0.2, 0) is 11.2 Å². The normalized spacial score (nSPS) is 21.4. The Morgan fingerprint density at radius 2 is 2.42 bits per heavy atom. The molecule has 1 saturated heterocycles. The highest BCUT2D eigenvalue weighted by Gasteiger charge is 2.35. The molecule has 19 heavy (non-hydrogen) atoms. The van der Waals surface area contributed by atoms with E-state index in [2.05, 4.69) is 16.1 Å². The Hall–Kier alpha value is -1.34. The number of terminal acetylenes is 1. The van der Waals surface area contributed by atoms with E-state index in [0.717, 1.165) is 16.2 Å². The molecule has 1 aliphatic rings. The number of urea groups is 1. The van der Waals surface area contributed by atoms with Gasteiger partial charge in [0.25, 0.3) is 0 Å². The van der Waals surface area contributed by atoms with Gasteiger partial charge in [-0.3, -0.25) is 0 Å². The van der Waals surface area contributed by atoms with E-state index in [-0.39, 0.29) is 11.7 Å². The summed E-state index contributed by atoms with van der Waals surface area (Å²) in [7, 11) is 0. The van der Waals surface area contributed by atoms with Gasteiger partial charge in [0.05, 0.1) is 6.54 Å². The van der Waals surface area contributed by atoms with Crippen LogP contribution in [0, 0.1) is 12.3 Å². The largest absolute Gasteiger partial charge is 0.610 e. The molecule has 2 heterocycles. The molecule has 1 fully saturated rings. The zero-order valence-electron chi connectivity index (χ0n) is 10.1. The molecule has 1 N–H and O–H groups in total. The molecule has 0 bridgehead atoms. The highest BCUT2D eigenvalue weighted by Crippen LogP contribution is 2.28. The Balaban J connectivity index is 2.24. The van der Waals surface area contributed by atoms with E-state index >= 15 is 0 Å². The van der Waals surface area contributed by atoms with Crippen molar-refractivity contribution in [2.75, 3.05) is 24.2 Å². The molecule has 2 rings (SSSR count). The third-order valence-electron chi connectivity index (χ3n) is 2.56. The summed E-state index contributed by atoms with van der Waals surface area (Å²) in [5.41, 5.74) is 0. The number of rotatable bonds is 3. The molecule has 0 radical (unpaired) electrons. The van der Waals surface area contributed by atoms with Crippen LogP contribution >= 0.6 is 11.3 Å². The van der Waals surface area contributed by atoms with Gasteiger partial charge in [-0.25, -0.2) is 9.69 Å². The maximum Gasteiger partial charge on any atom is 0.329 e. The monoisotopic (exact) mass is 300 g/mol. The Morgan fingerprint density at radius 3 is 3.00 bits per heavy atom. The highest BCUT2D eigenvalue weighted by molar-refractivity contribution is 7.92. The predicted molar refractivity (Wildman–Crippen MR) is 71.1 cm³/mol. The van der Waals surface area contributed by atoms with E-state index in [4.69, 9.17) is 6.42 Å². The molecule has 2 amide bonds. The first-order chi connectivity index (χ1) is 9.04. The molecule has 1 aromatic heterocycles. The van der Waals surface area contributed by atoms with Gasteiger partial charge >= 0.3 is 10.4 Å². The van der Waals surface area contributed by atoms with Gasteiger partial charge in [-0.1, -0.05) is 11.0 Å². The van der Waals surface area contributed by atoms with E-state index in [9.17, 15) is 14.5 Å². The fourth-order valence-electron chi connectivity index (χ4n) is 1.66. The average Bonchev–Trinajstić information content (AvgIpc) is 2.83. The van der Waals surface area contributed by atoms with Crippen molar-refractivity contribution < 1.29 is 14.5 Å². The SMILES string of the molecule is C#CCN1CCC(O)N(c2nnc([S+](C)[O-])s2)C1=O. The van der Waals surface area contributed by atoms with Crippen molar-refractivity contribution in [3.8, 4) is 12.3 Å². The number of carbonyl (C=O) groups is 1. The summed E-state index contributed by atoms with van der Waals surface area (Å²) < 4.78 is 11.6. The smallest absolute Gasteiger partial charge is 0.329 e. The van der Waals surface area contributed by atoms with Gasteiger partial charge in [0, 0.05) is 24.1 Å². The summed E-state index contributed by atoms with van der Waals surface area (Å²) >= 11 is -0.248. The summed E-state index contributed by atoms with van der Waals surface area (Å²) in [4.78, 5) is 14.7. The third kappa shape index (κ3) is 2.82. The molecule has 0 aliphatic carbocycles. The van der Waals surface area contributed by atoms with E-state index in [1.165, 1.54) is 11.2 Å². The van der Waals surface area contributed by atoms with E-state index in [1.54, 1.807) is 0 Å². The molecular formula is C10H12N4O3S2. The number of aliphatic hydroxyl groups is 1. The maximum absolute atomic E-state index is 12.2. The van der Waals surface area contributed by atoms with Crippen molar-refractivity contribution in [1.29, 1.82) is 0 Å². The number of aliphatic hydroxyl groups excluding tert-OH is 1. The molecular weight excluding hydrogens is 288 g/mol. The van der Waals surface area contributed by atoms with Crippen LogP contribution in [0.2, 0.25) is 0 Å². The summed E-state index contributed by atoms with van der Waals surface area (Å²) in [6.45, 7) is 0.569. The Kier molecular flexibility index (Phi) is 4.26. The molecule has 9 heteroatoms. The molecule has 1 aromatic rings. The van der Waals surface area contributed by atoms with Crippen LogP contribution in [-0.4, -0.2) is 56.4 Å². The number of anilines is 1. The number of hydrogen-bond donors (Lipinski definition) is 1. The summed E-state index contributed by atoms with van der Waals surface area (Å²) in [6, 6.07) is -0.415. The first kappa shape index (κ1) is 14.1. The molecule has 1 aliphatic heterocycles. The average molecular weight is 300 g/mol. The second-order valence-electron chi connectivity index (χ2n) is 3.85. The number of hydrogen-bond acceptors (Lipinski definition) is 6. The molecule has 0 spiro atoms. The van der Waals surface area contributed by atoms with Crippen LogP contribution < -0.4 is 4.90 Å². The number of amides is 2. The zero-order chi connectivity index (χ0) is 14.0. The van der Waals surface area contributed by atoms with Gasteiger partial charge in [-0.15, -0.1) is 11.5 Å². The summed E-state index contributed by atoms with van der Waals surface area (Å²) in [6.07, 6.45) is 6.08. The van der Waals surface area contributed by atoms with Gasteiger partial charge in [0.1, 0.15) is 12.5 Å². The number of nitrogens with zero attached hydrogens (tertiary/aromatic N) is 4. The van der Waals surface area contributed by atoms with E-state index in [0.29, 0.717) is 17.3 Å². The van der Waals surface area contributed by atoms with Gasteiger partial charge in [-0.2, -0.15) is 0 Å². The Bertz CT molecular complexity index is 513. The molecule has 7 nitrogen and oxygen atoms in total. The topological polar surface area (TPSA) is 92.6 Å². The summed E-state index contributed by atoms with van der Waals surface area (Å²) in [5.74, 6) is 2.39. The third-order valence-corrected chi connectivity index (χ3v) is 4.81. The van der Waals surface area contributed by atoms with Gasteiger partial charge in [0.15, 0.2) is 0 Å². The Labute approximate surface area is 117 Å². The lowest BCUT2D eigenvalue weighted by molar-refractivity contribution is 0.113. The molecule has 2 unspecified atom stereocenters. The van der Waals surface area contributed by atoms with Crippen LogP contribution in [0.25, 0.3) is 0 Å². The molecule has 2 atom stereocenters. The lowest BCUT2D eigenvalue weighted by Crippen LogP contribution is -2.54. The lowest BCUT2D eigenvalue weighted by atomic mass is 10.2. The maximum atomic E-state index is 12.2. The van der Waals surface area contributed by atoms with Gasteiger partial charge in [-0.05, 0) is 11.3 Å². The van der Waals surface area contributed by atoms with Gasteiger partial charge in [0.2, 0.25) is 5.13 Å². The van der Waals surface area contributed by atoms with Crippen molar-refractivity contribution >= 4 is 33.7 Å². The number of carbonyl (C=O) groups excluding carboxylic acids is 1. The second kappa shape index (κ2) is 5.75. The van der Waals surface area contributed by atoms with Crippen molar-refractivity contribution in [3.05, 3.63) is 0 Å². The first-order valence-corrected chi connectivity index (χ1v) is 7.78. The van der Waals surface area contributed by atoms with Crippen LogP contribution in [0.5, 0.6) is 0 Å².